The van der Waals surface area contributed by atoms with E-state index in [4.69, 9.17) is 9.79 Å². The lowest BCUT2D eigenvalue weighted by molar-refractivity contribution is 0.377. The van der Waals surface area contributed by atoms with Crippen molar-refractivity contribution in [2.75, 3.05) is 6.16 Å². The topological polar surface area (TPSA) is 57.5 Å². The van der Waals surface area contributed by atoms with E-state index in [2.05, 4.69) is 19.7 Å². The zero-order chi connectivity index (χ0) is 7.91. The molecular formula is C5H11O3P. The molecule has 0 saturated carbocycles. The zero-order valence-corrected chi connectivity index (χ0v) is 6.05. The Morgan fingerprint density at radius 2 is 1.78 bits per heavy atom. The molecule has 0 aromatic rings. The number of rotatable bonds is 2. The fourth-order valence-electron chi connectivity index (χ4n) is 0.168. The molecule has 0 fully saturated rings. The van der Waals surface area contributed by atoms with E-state index in [1.807, 2.05) is 0 Å². The second-order valence-corrected chi connectivity index (χ2v) is 2.83. The van der Waals surface area contributed by atoms with Crippen LogP contribution < -0.4 is 0 Å². The van der Waals surface area contributed by atoms with Gasteiger partial charge in [0.05, 0.1) is 6.16 Å². The molecule has 0 bridgehead atoms. The minimum Gasteiger partial charge on any atom is -0.324 e. The van der Waals surface area contributed by atoms with Gasteiger partial charge in [0.1, 0.15) is 0 Å². The minimum atomic E-state index is -3.78. The molecule has 3 nitrogen and oxygen atoms in total. The Hall–Kier alpha value is -0.370. The molecule has 0 radical (unpaired) electrons. The van der Waals surface area contributed by atoms with E-state index >= 15 is 0 Å². The van der Waals surface area contributed by atoms with Crippen molar-refractivity contribution in [3.05, 3.63) is 25.8 Å². The van der Waals surface area contributed by atoms with Crippen LogP contribution in [0.25, 0.3) is 0 Å². The summed E-state index contributed by atoms with van der Waals surface area (Å²) in [5.41, 5.74) is 0. The van der Waals surface area contributed by atoms with Gasteiger partial charge >= 0.3 is 7.60 Å². The zero-order valence-electron chi connectivity index (χ0n) is 5.16. The van der Waals surface area contributed by atoms with Gasteiger partial charge in [0.2, 0.25) is 0 Å². The second kappa shape index (κ2) is 5.76. The molecule has 0 unspecified atom stereocenters. The van der Waals surface area contributed by atoms with Crippen LogP contribution in [0.5, 0.6) is 0 Å². The van der Waals surface area contributed by atoms with Gasteiger partial charge in [-0.15, -0.1) is 19.7 Å². The van der Waals surface area contributed by atoms with E-state index in [1.165, 1.54) is 6.08 Å². The third-order valence-corrected chi connectivity index (χ3v) is 1.10. The molecule has 54 valence electrons. The van der Waals surface area contributed by atoms with Crippen LogP contribution in [0.15, 0.2) is 25.8 Å². The molecule has 0 aromatic heterocycles. The van der Waals surface area contributed by atoms with Crippen molar-refractivity contribution in [2.24, 2.45) is 0 Å². The maximum absolute atomic E-state index is 9.85. The van der Waals surface area contributed by atoms with Crippen LogP contribution in [0.2, 0.25) is 0 Å². The van der Waals surface area contributed by atoms with Gasteiger partial charge in [-0.2, -0.15) is 0 Å². The Balaban J connectivity index is 0. The number of hydrogen-bond donors (Lipinski definition) is 2. The standard InChI is InChI=1S/C3H7O3P.C2H4/c1-2-3-7(4,5)6;1-2/h2H,1,3H2,(H2,4,5,6);1-2H2. The SMILES string of the molecule is C=C.C=CCP(=O)(O)O. The van der Waals surface area contributed by atoms with Crippen molar-refractivity contribution in [1.82, 2.24) is 0 Å². The van der Waals surface area contributed by atoms with Gasteiger partial charge in [-0.05, 0) is 0 Å². The highest BCUT2D eigenvalue weighted by molar-refractivity contribution is 7.51. The first kappa shape index (κ1) is 11.4. The smallest absolute Gasteiger partial charge is 0.324 e. The average molecular weight is 150 g/mol. The van der Waals surface area contributed by atoms with E-state index in [0.29, 0.717) is 0 Å². The van der Waals surface area contributed by atoms with Crippen molar-refractivity contribution in [3.8, 4) is 0 Å². The average Bonchev–Trinajstić information content (AvgIpc) is 1.69. The summed E-state index contributed by atoms with van der Waals surface area (Å²) in [4.78, 5) is 16.1. The number of hydrogen-bond acceptors (Lipinski definition) is 1. The van der Waals surface area contributed by atoms with Crippen molar-refractivity contribution < 1.29 is 14.4 Å². The van der Waals surface area contributed by atoms with Crippen LogP contribution in [0.4, 0.5) is 0 Å². The Labute approximate surface area is 54.9 Å². The third kappa shape index (κ3) is 18.4. The lowest BCUT2D eigenvalue weighted by Crippen LogP contribution is -1.78. The van der Waals surface area contributed by atoms with Gasteiger partial charge in [-0.3, -0.25) is 4.57 Å². The fraction of sp³-hybridized carbons (Fsp3) is 0.200. The summed E-state index contributed by atoms with van der Waals surface area (Å²) >= 11 is 0. The Morgan fingerprint density at radius 1 is 1.44 bits per heavy atom. The summed E-state index contributed by atoms with van der Waals surface area (Å²) < 4.78 is 9.85. The number of allylic oxidation sites excluding steroid dienone is 1. The predicted molar refractivity (Wildman–Crippen MR) is 38.4 cm³/mol. The maximum atomic E-state index is 9.85. The van der Waals surface area contributed by atoms with Crippen molar-refractivity contribution in [3.63, 3.8) is 0 Å². The van der Waals surface area contributed by atoms with E-state index in [1.54, 1.807) is 0 Å². The molecule has 4 heteroatoms. The van der Waals surface area contributed by atoms with E-state index < -0.39 is 7.60 Å². The van der Waals surface area contributed by atoms with Gasteiger partial charge in [0.25, 0.3) is 0 Å². The first-order chi connectivity index (χ1) is 4.06. The highest BCUT2D eigenvalue weighted by Crippen LogP contribution is 2.33. The van der Waals surface area contributed by atoms with Gasteiger partial charge in [0, 0.05) is 0 Å². The van der Waals surface area contributed by atoms with E-state index in [0.717, 1.165) is 0 Å². The molecule has 0 atom stereocenters. The van der Waals surface area contributed by atoms with E-state index in [9.17, 15) is 4.57 Å². The van der Waals surface area contributed by atoms with Crippen LogP contribution in [0.1, 0.15) is 0 Å². The van der Waals surface area contributed by atoms with Crippen LogP contribution in [-0.2, 0) is 4.57 Å². The van der Waals surface area contributed by atoms with Crippen LogP contribution in [-0.4, -0.2) is 15.9 Å². The fourth-order valence-corrected chi connectivity index (χ4v) is 0.505. The molecule has 0 rings (SSSR count). The summed E-state index contributed by atoms with van der Waals surface area (Å²) in [5.74, 6) is 0. The quantitative estimate of drug-likeness (QED) is 0.458. The van der Waals surface area contributed by atoms with Gasteiger partial charge in [0.15, 0.2) is 0 Å². The molecule has 9 heavy (non-hydrogen) atoms. The molecule has 0 saturated heterocycles. The summed E-state index contributed by atoms with van der Waals surface area (Å²) in [6.45, 7) is 9.15. The van der Waals surface area contributed by atoms with Crippen LogP contribution in [0, 0.1) is 0 Å². The molecule has 0 spiro atoms. The molecule has 0 amide bonds. The van der Waals surface area contributed by atoms with Crippen LogP contribution >= 0.6 is 7.60 Å². The molecular weight excluding hydrogens is 139 g/mol. The van der Waals surface area contributed by atoms with Crippen molar-refractivity contribution >= 4 is 7.60 Å². The highest BCUT2D eigenvalue weighted by Gasteiger charge is 2.06. The van der Waals surface area contributed by atoms with Gasteiger partial charge in [-0.25, -0.2) is 0 Å². The maximum Gasteiger partial charge on any atom is 0.329 e. The largest absolute Gasteiger partial charge is 0.329 e. The summed E-state index contributed by atoms with van der Waals surface area (Å²) in [6, 6.07) is 0. The first-order valence-electron chi connectivity index (χ1n) is 2.22. The van der Waals surface area contributed by atoms with Gasteiger partial charge in [-0.1, -0.05) is 6.08 Å². The Morgan fingerprint density at radius 3 is 1.78 bits per heavy atom. The third-order valence-electron chi connectivity index (χ3n) is 0.367. The molecule has 0 heterocycles. The molecule has 0 aliphatic heterocycles. The molecule has 0 aromatic carbocycles. The summed E-state index contributed by atoms with van der Waals surface area (Å²) in [5, 5.41) is 0. The minimum absolute atomic E-state index is 0.229. The lowest BCUT2D eigenvalue weighted by Gasteiger charge is -1.94. The summed E-state index contributed by atoms with van der Waals surface area (Å²) in [7, 11) is -3.78. The van der Waals surface area contributed by atoms with Gasteiger partial charge < -0.3 is 9.79 Å². The highest BCUT2D eigenvalue weighted by atomic mass is 31.2. The van der Waals surface area contributed by atoms with Crippen LogP contribution in [0.3, 0.4) is 0 Å². The molecule has 2 N–H and O–H groups in total. The molecule has 0 aliphatic carbocycles. The monoisotopic (exact) mass is 150 g/mol. The van der Waals surface area contributed by atoms with Crippen molar-refractivity contribution in [1.29, 1.82) is 0 Å². The normalized spacial score (nSPS) is 9.11. The first-order valence-corrected chi connectivity index (χ1v) is 4.01. The Kier molecular flexibility index (Phi) is 7.32. The predicted octanol–water partition coefficient (Wildman–Crippen LogP) is 1.15. The summed E-state index contributed by atoms with van der Waals surface area (Å²) in [6.07, 6.45) is 0.966. The second-order valence-electron chi connectivity index (χ2n) is 1.14. The Bertz CT molecular complexity index is 115. The van der Waals surface area contributed by atoms with E-state index in [-0.39, 0.29) is 6.16 Å². The van der Waals surface area contributed by atoms with Crippen molar-refractivity contribution in [2.45, 2.75) is 0 Å². The lowest BCUT2D eigenvalue weighted by atomic mass is 10.8. The molecule has 0 aliphatic rings.